The number of thioether (sulfide) groups is 1. The third-order valence-electron chi connectivity index (χ3n) is 2.67. The summed E-state index contributed by atoms with van der Waals surface area (Å²) >= 11 is 2.41. The molecule has 9 heteroatoms. The molecule has 0 spiro atoms. The number of thiophene rings is 1. The summed E-state index contributed by atoms with van der Waals surface area (Å²) in [5.41, 5.74) is 0.0822. The zero-order valence-electron chi connectivity index (χ0n) is 11.5. The number of hydrogen-bond donors (Lipinski definition) is 1. The Morgan fingerprint density at radius 2 is 2.18 bits per heavy atom. The number of aromatic nitrogens is 2. The van der Waals surface area contributed by atoms with Crippen LogP contribution in [-0.2, 0) is 17.5 Å². The normalized spacial score (nSPS) is 11.5. The van der Waals surface area contributed by atoms with Crippen molar-refractivity contribution in [1.29, 1.82) is 0 Å². The van der Waals surface area contributed by atoms with Crippen LogP contribution in [0.1, 0.15) is 16.1 Å². The van der Waals surface area contributed by atoms with Crippen LogP contribution < -0.4 is 5.32 Å². The molecule has 0 aliphatic heterocycles. The van der Waals surface area contributed by atoms with Crippen molar-refractivity contribution in [3.63, 3.8) is 0 Å². The van der Waals surface area contributed by atoms with Crippen molar-refractivity contribution in [2.75, 3.05) is 5.75 Å². The second-order valence-corrected chi connectivity index (χ2v) is 6.26. The van der Waals surface area contributed by atoms with E-state index >= 15 is 0 Å². The largest absolute Gasteiger partial charge is 0.433 e. The summed E-state index contributed by atoms with van der Waals surface area (Å²) in [7, 11) is 0. The lowest BCUT2D eigenvalue weighted by atomic mass is 10.3. The van der Waals surface area contributed by atoms with Crippen LogP contribution in [0.2, 0.25) is 0 Å². The fraction of sp³-hybridized carbons (Fsp3) is 0.308. The van der Waals surface area contributed by atoms with Gasteiger partial charge < -0.3 is 5.32 Å². The Morgan fingerprint density at radius 1 is 1.41 bits per heavy atom. The summed E-state index contributed by atoms with van der Waals surface area (Å²) in [6, 6.07) is 2.75. The van der Waals surface area contributed by atoms with Gasteiger partial charge in [-0.3, -0.25) is 4.79 Å². The molecule has 0 saturated heterocycles. The number of alkyl halides is 3. The first-order chi connectivity index (χ1) is 10.4. The molecule has 0 aromatic carbocycles. The van der Waals surface area contributed by atoms with Gasteiger partial charge in [0, 0.05) is 11.1 Å². The van der Waals surface area contributed by atoms with E-state index in [0.29, 0.717) is 6.54 Å². The zero-order valence-corrected chi connectivity index (χ0v) is 13.1. The number of amides is 1. The lowest BCUT2D eigenvalue weighted by molar-refractivity contribution is -0.141. The summed E-state index contributed by atoms with van der Waals surface area (Å²) in [5, 5.41) is 4.57. The molecule has 0 aliphatic rings. The Bertz CT molecular complexity index is 658. The van der Waals surface area contributed by atoms with Crippen LogP contribution in [0.15, 0.2) is 28.9 Å². The van der Waals surface area contributed by atoms with Gasteiger partial charge in [0.05, 0.1) is 12.3 Å². The standard InChI is InChI=1S/C13H12F3N3OS2/c1-8-3-5-21-9(8)6-18-11(20)7-22-12-17-4-2-10(19-12)13(14,15)16/h2-5H,6-7H2,1H3,(H,18,20). The van der Waals surface area contributed by atoms with E-state index in [2.05, 4.69) is 15.3 Å². The third-order valence-corrected chi connectivity index (χ3v) is 4.55. The fourth-order valence-corrected chi connectivity index (χ4v) is 3.02. The topological polar surface area (TPSA) is 54.9 Å². The third kappa shape index (κ3) is 4.70. The predicted octanol–water partition coefficient (Wildman–Crippen LogP) is 3.27. The van der Waals surface area contributed by atoms with Crippen LogP contribution in [0.5, 0.6) is 0 Å². The molecule has 2 heterocycles. The van der Waals surface area contributed by atoms with Gasteiger partial charge >= 0.3 is 6.18 Å². The first-order valence-corrected chi connectivity index (χ1v) is 8.05. The van der Waals surface area contributed by atoms with Crippen LogP contribution in [-0.4, -0.2) is 21.6 Å². The maximum Gasteiger partial charge on any atom is 0.433 e. The fourth-order valence-electron chi connectivity index (χ4n) is 1.51. The van der Waals surface area contributed by atoms with Crippen LogP contribution in [0, 0.1) is 6.92 Å². The number of carbonyl (C=O) groups excluding carboxylic acids is 1. The Balaban J connectivity index is 1.85. The molecule has 0 aliphatic carbocycles. The van der Waals surface area contributed by atoms with E-state index in [9.17, 15) is 18.0 Å². The maximum absolute atomic E-state index is 12.5. The van der Waals surface area contributed by atoms with E-state index in [1.165, 1.54) is 11.3 Å². The summed E-state index contributed by atoms with van der Waals surface area (Å²) in [6.07, 6.45) is -3.48. The number of hydrogen-bond acceptors (Lipinski definition) is 5. The molecule has 4 nitrogen and oxygen atoms in total. The summed E-state index contributed by atoms with van der Waals surface area (Å²) < 4.78 is 37.5. The smallest absolute Gasteiger partial charge is 0.350 e. The van der Waals surface area contributed by atoms with Gasteiger partial charge in [-0.2, -0.15) is 13.2 Å². The highest BCUT2D eigenvalue weighted by Gasteiger charge is 2.32. The van der Waals surface area contributed by atoms with Crippen molar-refractivity contribution >= 4 is 29.0 Å². The molecule has 2 aromatic heterocycles. The van der Waals surface area contributed by atoms with Crippen LogP contribution in [0.4, 0.5) is 13.2 Å². The number of halogens is 3. The van der Waals surface area contributed by atoms with Crippen molar-refractivity contribution in [3.8, 4) is 0 Å². The lowest BCUT2D eigenvalue weighted by Gasteiger charge is -2.07. The van der Waals surface area contributed by atoms with Gasteiger partial charge in [0.15, 0.2) is 5.16 Å². The Kier molecular flexibility index (Phi) is 5.41. The van der Waals surface area contributed by atoms with Crippen molar-refractivity contribution < 1.29 is 18.0 Å². The SMILES string of the molecule is Cc1ccsc1CNC(=O)CSc1nccc(C(F)(F)F)n1. The van der Waals surface area contributed by atoms with E-state index in [1.54, 1.807) is 0 Å². The maximum atomic E-state index is 12.5. The molecule has 0 atom stereocenters. The molecular formula is C13H12F3N3OS2. The zero-order chi connectivity index (χ0) is 16.2. The monoisotopic (exact) mass is 347 g/mol. The second kappa shape index (κ2) is 7.10. The first-order valence-electron chi connectivity index (χ1n) is 6.19. The van der Waals surface area contributed by atoms with E-state index in [-0.39, 0.29) is 16.8 Å². The van der Waals surface area contributed by atoms with Gasteiger partial charge in [0.2, 0.25) is 5.91 Å². The van der Waals surface area contributed by atoms with Crippen molar-refractivity contribution in [2.24, 2.45) is 0 Å². The van der Waals surface area contributed by atoms with Gasteiger partial charge in [0.25, 0.3) is 0 Å². The highest BCUT2D eigenvalue weighted by molar-refractivity contribution is 7.99. The molecule has 1 amide bonds. The summed E-state index contributed by atoms with van der Waals surface area (Å²) in [5.74, 6) is -0.315. The minimum Gasteiger partial charge on any atom is -0.350 e. The summed E-state index contributed by atoms with van der Waals surface area (Å²) in [4.78, 5) is 19.9. The molecule has 22 heavy (non-hydrogen) atoms. The average molecular weight is 347 g/mol. The second-order valence-electron chi connectivity index (χ2n) is 4.31. The van der Waals surface area contributed by atoms with Crippen molar-refractivity contribution in [2.45, 2.75) is 24.8 Å². The Labute approximate surface area is 133 Å². The number of carbonyl (C=O) groups is 1. The predicted molar refractivity (Wildman–Crippen MR) is 78.7 cm³/mol. The van der Waals surface area contributed by atoms with Gasteiger partial charge in [-0.05, 0) is 30.0 Å². The van der Waals surface area contributed by atoms with E-state index in [0.717, 1.165) is 34.5 Å². The average Bonchev–Trinajstić information content (AvgIpc) is 2.88. The Hall–Kier alpha value is -1.61. The minimum absolute atomic E-state index is 0.0360. The van der Waals surface area contributed by atoms with E-state index < -0.39 is 11.9 Å². The number of rotatable bonds is 5. The van der Waals surface area contributed by atoms with Crippen molar-refractivity contribution in [3.05, 3.63) is 39.8 Å². The number of nitrogens with zero attached hydrogens (tertiary/aromatic N) is 2. The van der Waals surface area contributed by atoms with Crippen LogP contribution in [0.25, 0.3) is 0 Å². The van der Waals surface area contributed by atoms with Gasteiger partial charge in [-0.25, -0.2) is 9.97 Å². The molecule has 0 radical (unpaired) electrons. The Morgan fingerprint density at radius 3 is 2.82 bits per heavy atom. The molecule has 2 rings (SSSR count). The molecule has 2 aromatic rings. The van der Waals surface area contributed by atoms with Gasteiger partial charge in [-0.15, -0.1) is 11.3 Å². The van der Waals surface area contributed by atoms with E-state index in [4.69, 9.17) is 0 Å². The number of aryl methyl sites for hydroxylation is 1. The molecule has 118 valence electrons. The highest BCUT2D eigenvalue weighted by Crippen LogP contribution is 2.28. The summed E-state index contributed by atoms with van der Waals surface area (Å²) in [6.45, 7) is 2.36. The first kappa shape index (κ1) is 16.8. The van der Waals surface area contributed by atoms with Crippen molar-refractivity contribution in [1.82, 2.24) is 15.3 Å². The molecule has 0 bridgehead atoms. The van der Waals surface area contributed by atoms with Gasteiger partial charge in [0.1, 0.15) is 5.69 Å². The molecule has 0 unspecified atom stereocenters. The number of nitrogens with one attached hydrogen (secondary N) is 1. The molecule has 1 N–H and O–H groups in total. The lowest BCUT2D eigenvalue weighted by Crippen LogP contribution is -2.24. The molecular weight excluding hydrogens is 335 g/mol. The van der Waals surface area contributed by atoms with E-state index in [1.807, 2.05) is 18.4 Å². The minimum atomic E-state index is -4.52. The van der Waals surface area contributed by atoms with Crippen LogP contribution >= 0.6 is 23.1 Å². The highest BCUT2D eigenvalue weighted by atomic mass is 32.2. The van der Waals surface area contributed by atoms with Gasteiger partial charge in [-0.1, -0.05) is 11.8 Å². The quantitative estimate of drug-likeness (QED) is 0.666. The molecule has 0 saturated carbocycles. The molecule has 0 fully saturated rings. The van der Waals surface area contributed by atoms with Crippen LogP contribution in [0.3, 0.4) is 0 Å².